The summed E-state index contributed by atoms with van der Waals surface area (Å²) >= 11 is 0. The first-order valence-electron chi connectivity index (χ1n) is 7.40. The largest absolute Gasteiger partial charge is 0.368 e. The maximum Gasteiger partial charge on any atom is 0.222 e. The molecule has 2 aliphatic rings. The molecule has 2 N–H and O–H groups in total. The van der Waals surface area contributed by atoms with Crippen LogP contribution >= 0.6 is 0 Å². The van der Waals surface area contributed by atoms with Gasteiger partial charge < -0.3 is 15.5 Å². The van der Waals surface area contributed by atoms with Crippen molar-refractivity contribution in [1.29, 1.82) is 0 Å². The number of hydrogen-bond donors (Lipinski definition) is 1. The molecular formula is C16H19N5. The minimum absolute atomic E-state index is 0.374. The summed E-state index contributed by atoms with van der Waals surface area (Å²) in [6.45, 7) is 4.11. The van der Waals surface area contributed by atoms with Crippen molar-refractivity contribution in [2.45, 2.75) is 6.42 Å². The standard InChI is InChI=1S/C16H19N5/c1-20-6-8-21(9-7-20)15-13-10-11-4-2-3-5-12(11)14(13)18-16(17)19-15/h2-5H,6-10H2,1H3,(H2,17,18,19). The van der Waals surface area contributed by atoms with Gasteiger partial charge in [-0.25, -0.2) is 4.98 Å². The normalized spacial score (nSPS) is 17.7. The van der Waals surface area contributed by atoms with Crippen LogP contribution < -0.4 is 10.6 Å². The average molecular weight is 281 g/mol. The molecule has 0 radical (unpaired) electrons. The summed E-state index contributed by atoms with van der Waals surface area (Å²) in [6, 6.07) is 8.43. The number of nitrogens with zero attached hydrogens (tertiary/aromatic N) is 4. The minimum atomic E-state index is 0.374. The molecule has 0 spiro atoms. The van der Waals surface area contributed by atoms with Crippen LogP contribution in [0.25, 0.3) is 11.3 Å². The van der Waals surface area contributed by atoms with Crippen molar-refractivity contribution in [3.8, 4) is 11.3 Å². The van der Waals surface area contributed by atoms with E-state index in [2.05, 4.69) is 51.1 Å². The fourth-order valence-corrected chi connectivity index (χ4v) is 3.25. The molecule has 4 rings (SSSR count). The zero-order valence-electron chi connectivity index (χ0n) is 12.2. The summed E-state index contributed by atoms with van der Waals surface area (Å²) < 4.78 is 0. The van der Waals surface area contributed by atoms with E-state index in [1.165, 1.54) is 16.7 Å². The van der Waals surface area contributed by atoms with Crippen LogP contribution in [0.2, 0.25) is 0 Å². The number of nitrogens with two attached hydrogens (primary N) is 1. The number of nitrogen functional groups attached to an aromatic ring is 1. The smallest absolute Gasteiger partial charge is 0.222 e. The molecule has 108 valence electrons. The lowest BCUT2D eigenvalue weighted by atomic mass is 10.1. The van der Waals surface area contributed by atoms with Crippen LogP contribution in [0.4, 0.5) is 11.8 Å². The highest BCUT2D eigenvalue weighted by atomic mass is 15.3. The molecule has 0 unspecified atom stereocenters. The molecule has 0 bridgehead atoms. The molecule has 0 saturated carbocycles. The highest BCUT2D eigenvalue weighted by Crippen LogP contribution is 2.39. The third kappa shape index (κ3) is 2.05. The molecule has 1 aliphatic carbocycles. The highest BCUT2D eigenvalue weighted by molar-refractivity contribution is 5.79. The van der Waals surface area contributed by atoms with Gasteiger partial charge in [0.1, 0.15) is 5.82 Å². The molecule has 21 heavy (non-hydrogen) atoms. The molecule has 2 aromatic rings. The molecular weight excluding hydrogens is 262 g/mol. The molecule has 2 heterocycles. The first kappa shape index (κ1) is 12.6. The Morgan fingerprint density at radius 1 is 1.05 bits per heavy atom. The Morgan fingerprint density at radius 2 is 1.81 bits per heavy atom. The zero-order valence-corrected chi connectivity index (χ0v) is 12.2. The van der Waals surface area contributed by atoms with Crippen LogP contribution in [-0.4, -0.2) is 48.1 Å². The minimum Gasteiger partial charge on any atom is -0.368 e. The number of fused-ring (bicyclic) bond motifs is 3. The summed E-state index contributed by atoms with van der Waals surface area (Å²) in [6.07, 6.45) is 0.910. The number of benzene rings is 1. The highest BCUT2D eigenvalue weighted by Gasteiger charge is 2.27. The average Bonchev–Trinajstić information content (AvgIpc) is 2.86. The molecule has 1 aliphatic heterocycles. The van der Waals surface area contributed by atoms with Gasteiger partial charge in [0.2, 0.25) is 5.95 Å². The van der Waals surface area contributed by atoms with Crippen molar-refractivity contribution in [3.63, 3.8) is 0 Å². The molecule has 0 amide bonds. The molecule has 5 nitrogen and oxygen atoms in total. The van der Waals surface area contributed by atoms with E-state index in [1.807, 2.05) is 0 Å². The van der Waals surface area contributed by atoms with Crippen LogP contribution in [0.3, 0.4) is 0 Å². The van der Waals surface area contributed by atoms with Crippen LogP contribution in [0.1, 0.15) is 11.1 Å². The Morgan fingerprint density at radius 3 is 2.62 bits per heavy atom. The fraction of sp³-hybridized carbons (Fsp3) is 0.375. The second-order valence-electron chi connectivity index (χ2n) is 5.86. The number of anilines is 2. The first-order chi connectivity index (χ1) is 10.2. The van der Waals surface area contributed by atoms with Gasteiger partial charge in [0.05, 0.1) is 5.69 Å². The third-order valence-corrected chi connectivity index (χ3v) is 4.45. The molecule has 1 saturated heterocycles. The van der Waals surface area contributed by atoms with E-state index in [1.54, 1.807) is 0 Å². The van der Waals surface area contributed by atoms with Crippen molar-refractivity contribution in [3.05, 3.63) is 35.4 Å². The molecule has 0 atom stereocenters. The molecule has 1 aromatic carbocycles. The first-order valence-corrected chi connectivity index (χ1v) is 7.40. The monoisotopic (exact) mass is 281 g/mol. The van der Waals surface area contributed by atoms with Gasteiger partial charge in [-0.15, -0.1) is 0 Å². The van der Waals surface area contributed by atoms with Gasteiger partial charge in [-0.1, -0.05) is 24.3 Å². The maximum atomic E-state index is 5.96. The second-order valence-corrected chi connectivity index (χ2v) is 5.86. The van der Waals surface area contributed by atoms with E-state index >= 15 is 0 Å². The van der Waals surface area contributed by atoms with Crippen LogP contribution in [0, 0.1) is 0 Å². The van der Waals surface area contributed by atoms with Gasteiger partial charge in [0.25, 0.3) is 0 Å². The predicted octanol–water partition coefficient (Wildman–Crippen LogP) is 1.38. The van der Waals surface area contributed by atoms with Crippen molar-refractivity contribution >= 4 is 11.8 Å². The Hall–Kier alpha value is -2.14. The summed E-state index contributed by atoms with van der Waals surface area (Å²) in [5.41, 5.74) is 10.7. The number of hydrogen-bond acceptors (Lipinski definition) is 5. The lowest BCUT2D eigenvalue weighted by Gasteiger charge is -2.34. The van der Waals surface area contributed by atoms with Crippen molar-refractivity contribution in [1.82, 2.24) is 14.9 Å². The van der Waals surface area contributed by atoms with Crippen molar-refractivity contribution in [2.75, 3.05) is 43.9 Å². The quantitative estimate of drug-likeness (QED) is 0.730. The van der Waals surface area contributed by atoms with E-state index < -0.39 is 0 Å². The topological polar surface area (TPSA) is 58.3 Å². The van der Waals surface area contributed by atoms with Gasteiger partial charge in [0.15, 0.2) is 0 Å². The van der Waals surface area contributed by atoms with E-state index in [-0.39, 0.29) is 0 Å². The third-order valence-electron chi connectivity index (χ3n) is 4.45. The molecule has 5 heteroatoms. The molecule has 1 fully saturated rings. The maximum absolute atomic E-state index is 5.96. The summed E-state index contributed by atoms with van der Waals surface area (Å²) in [5.74, 6) is 1.40. The summed E-state index contributed by atoms with van der Waals surface area (Å²) in [5, 5.41) is 0. The van der Waals surface area contributed by atoms with Crippen LogP contribution in [0.15, 0.2) is 24.3 Å². The SMILES string of the molecule is CN1CCN(c2nc(N)nc3c2Cc2ccccc2-3)CC1. The van der Waals surface area contributed by atoms with Gasteiger partial charge in [-0.05, 0) is 12.6 Å². The fourth-order valence-electron chi connectivity index (χ4n) is 3.25. The van der Waals surface area contributed by atoms with Gasteiger partial charge in [0, 0.05) is 43.7 Å². The van der Waals surface area contributed by atoms with Gasteiger partial charge >= 0.3 is 0 Å². The Labute approximate surface area is 124 Å². The Bertz CT molecular complexity index is 689. The van der Waals surface area contributed by atoms with Gasteiger partial charge in [-0.3, -0.25) is 0 Å². The lowest BCUT2D eigenvalue weighted by Crippen LogP contribution is -2.45. The number of rotatable bonds is 1. The van der Waals surface area contributed by atoms with E-state index in [0.717, 1.165) is 44.1 Å². The zero-order chi connectivity index (χ0) is 14.4. The summed E-state index contributed by atoms with van der Waals surface area (Å²) in [4.78, 5) is 13.7. The van der Waals surface area contributed by atoms with Crippen molar-refractivity contribution in [2.24, 2.45) is 0 Å². The van der Waals surface area contributed by atoms with E-state index in [0.29, 0.717) is 5.95 Å². The Kier molecular flexibility index (Phi) is 2.82. The van der Waals surface area contributed by atoms with Gasteiger partial charge in [-0.2, -0.15) is 4.98 Å². The van der Waals surface area contributed by atoms with E-state index in [9.17, 15) is 0 Å². The van der Waals surface area contributed by atoms with E-state index in [4.69, 9.17) is 5.73 Å². The lowest BCUT2D eigenvalue weighted by molar-refractivity contribution is 0.312. The number of piperazine rings is 1. The van der Waals surface area contributed by atoms with Crippen LogP contribution in [-0.2, 0) is 6.42 Å². The van der Waals surface area contributed by atoms with Crippen LogP contribution in [0.5, 0.6) is 0 Å². The Balaban J connectivity index is 1.79. The predicted molar refractivity (Wildman–Crippen MR) is 84.4 cm³/mol. The van der Waals surface area contributed by atoms with Crippen molar-refractivity contribution < 1.29 is 0 Å². The summed E-state index contributed by atoms with van der Waals surface area (Å²) in [7, 11) is 2.16. The number of aromatic nitrogens is 2. The number of likely N-dealkylation sites (N-methyl/N-ethyl adjacent to an activating group) is 1. The second kappa shape index (κ2) is 4.70. The molecule has 1 aromatic heterocycles.